The average Bonchev–Trinajstić information content (AvgIpc) is 2.75. The molecule has 29 heavy (non-hydrogen) atoms. The van der Waals surface area contributed by atoms with Crippen LogP contribution in [0.25, 0.3) is 0 Å². The van der Waals surface area contributed by atoms with Crippen LogP contribution in [0.4, 0.5) is 0 Å². The number of carbonyl (C=O) groups is 1. The highest BCUT2D eigenvalue weighted by Crippen LogP contribution is 2.20. The smallest absolute Gasteiger partial charge is 0.271 e. The van der Waals surface area contributed by atoms with Crippen LogP contribution in [0.3, 0.4) is 0 Å². The van der Waals surface area contributed by atoms with Gasteiger partial charge >= 0.3 is 0 Å². The van der Waals surface area contributed by atoms with Gasteiger partial charge in [0.05, 0.1) is 6.21 Å². The molecule has 5 heteroatoms. The Balaban J connectivity index is 1.33. The van der Waals surface area contributed by atoms with Crippen LogP contribution in [0.15, 0.2) is 77.9 Å². The second kappa shape index (κ2) is 9.03. The Labute approximate surface area is 175 Å². The molecule has 0 unspecified atom stereocenters. The minimum absolute atomic E-state index is 0.244. The molecule has 1 N–H and O–H groups in total. The summed E-state index contributed by atoms with van der Waals surface area (Å²) in [5.74, 6) is -0.244. The maximum atomic E-state index is 12.3. The molecule has 1 aliphatic rings. The lowest BCUT2D eigenvalue weighted by Crippen LogP contribution is -2.30. The molecule has 0 bridgehead atoms. The molecule has 0 aliphatic carbocycles. The van der Waals surface area contributed by atoms with Gasteiger partial charge in [0, 0.05) is 35.8 Å². The van der Waals surface area contributed by atoms with Crippen LogP contribution < -0.4 is 5.43 Å². The summed E-state index contributed by atoms with van der Waals surface area (Å²) in [6, 6.07) is 23.7. The molecule has 4 rings (SSSR count). The van der Waals surface area contributed by atoms with Gasteiger partial charge in [-0.2, -0.15) is 5.10 Å². The normalized spacial score (nSPS) is 14.0. The number of fused-ring (bicyclic) bond motifs is 1. The van der Waals surface area contributed by atoms with E-state index in [1.165, 1.54) is 16.7 Å². The Morgan fingerprint density at radius 1 is 1.00 bits per heavy atom. The van der Waals surface area contributed by atoms with E-state index < -0.39 is 0 Å². The largest absolute Gasteiger partial charge is 0.294 e. The first kappa shape index (κ1) is 19.4. The van der Waals surface area contributed by atoms with E-state index in [9.17, 15) is 4.79 Å². The summed E-state index contributed by atoms with van der Waals surface area (Å²) in [5.41, 5.74) is 7.94. The fourth-order valence-corrected chi connectivity index (χ4v) is 3.70. The summed E-state index contributed by atoms with van der Waals surface area (Å²) >= 11 is 6.07. The molecule has 0 aromatic heterocycles. The molecule has 0 fully saturated rings. The summed E-state index contributed by atoms with van der Waals surface area (Å²) in [6.07, 6.45) is 2.63. The predicted octanol–water partition coefficient (Wildman–Crippen LogP) is 4.66. The number of nitrogens with zero attached hydrogens (tertiary/aromatic N) is 2. The van der Waals surface area contributed by atoms with Crippen molar-refractivity contribution in [1.82, 2.24) is 10.3 Å². The Morgan fingerprint density at radius 3 is 2.52 bits per heavy atom. The number of rotatable bonds is 5. The number of hydrazone groups is 1. The van der Waals surface area contributed by atoms with Crippen molar-refractivity contribution in [2.24, 2.45) is 5.10 Å². The van der Waals surface area contributed by atoms with Gasteiger partial charge in [0.1, 0.15) is 0 Å². The van der Waals surface area contributed by atoms with Gasteiger partial charge in [-0.25, -0.2) is 5.43 Å². The quantitative estimate of drug-likeness (QED) is 0.497. The predicted molar refractivity (Wildman–Crippen MR) is 117 cm³/mol. The Bertz CT molecular complexity index is 1030. The summed E-state index contributed by atoms with van der Waals surface area (Å²) in [6.45, 7) is 2.89. The standard InChI is InChI=1S/C24H22ClN3O/c25-23-8-4-3-6-21(23)15-26-27-24(29)20-11-9-18(10-12-20)16-28-14-13-19-5-1-2-7-22(19)17-28/h1-12,15H,13-14,16-17H2,(H,27,29)/b26-15+. The zero-order chi connectivity index (χ0) is 20.1. The van der Waals surface area contributed by atoms with Gasteiger partial charge in [-0.15, -0.1) is 0 Å². The lowest BCUT2D eigenvalue weighted by Gasteiger charge is -2.28. The third-order valence-electron chi connectivity index (χ3n) is 5.11. The van der Waals surface area contributed by atoms with Crippen molar-refractivity contribution in [1.29, 1.82) is 0 Å². The van der Waals surface area contributed by atoms with Crippen LogP contribution in [-0.4, -0.2) is 23.6 Å². The van der Waals surface area contributed by atoms with E-state index in [0.717, 1.165) is 31.6 Å². The third-order valence-corrected chi connectivity index (χ3v) is 5.45. The van der Waals surface area contributed by atoms with E-state index in [-0.39, 0.29) is 5.91 Å². The summed E-state index contributed by atoms with van der Waals surface area (Å²) in [4.78, 5) is 14.7. The first-order chi connectivity index (χ1) is 14.2. The van der Waals surface area contributed by atoms with Gasteiger partial charge in [-0.1, -0.05) is 66.2 Å². The average molecular weight is 404 g/mol. The molecule has 3 aromatic carbocycles. The van der Waals surface area contributed by atoms with Crippen molar-refractivity contribution in [3.8, 4) is 0 Å². The van der Waals surface area contributed by atoms with Crippen LogP contribution in [-0.2, 0) is 19.5 Å². The highest BCUT2D eigenvalue weighted by atomic mass is 35.5. The number of benzene rings is 3. The number of amides is 1. The van der Waals surface area contributed by atoms with E-state index >= 15 is 0 Å². The van der Waals surface area contributed by atoms with Crippen molar-refractivity contribution in [2.75, 3.05) is 6.54 Å². The van der Waals surface area contributed by atoms with Gasteiger partial charge in [-0.3, -0.25) is 9.69 Å². The van der Waals surface area contributed by atoms with Crippen molar-refractivity contribution in [2.45, 2.75) is 19.5 Å². The Kier molecular flexibility index (Phi) is 6.03. The van der Waals surface area contributed by atoms with Crippen LogP contribution in [0.1, 0.15) is 32.6 Å². The van der Waals surface area contributed by atoms with Crippen molar-refractivity contribution in [3.63, 3.8) is 0 Å². The van der Waals surface area contributed by atoms with Crippen molar-refractivity contribution >= 4 is 23.7 Å². The zero-order valence-corrected chi connectivity index (χ0v) is 16.8. The number of halogens is 1. The summed E-state index contributed by atoms with van der Waals surface area (Å²) in [7, 11) is 0. The molecular weight excluding hydrogens is 382 g/mol. The van der Waals surface area contributed by atoms with Crippen LogP contribution in [0.2, 0.25) is 5.02 Å². The van der Waals surface area contributed by atoms with Gasteiger partial charge in [0.25, 0.3) is 5.91 Å². The maximum absolute atomic E-state index is 12.3. The SMILES string of the molecule is O=C(N/N=C/c1ccccc1Cl)c1ccc(CN2CCc3ccccc3C2)cc1. The topological polar surface area (TPSA) is 44.7 Å². The van der Waals surface area contributed by atoms with E-state index in [2.05, 4.69) is 39.7 Å². The number of carbonyl (C=O) groups excluding carboxylic acids is 1. The lowest BCUT2D eigenvalue weighted by molar-refractivity contribution is 0.0955. The van der Waals surface area contributed by atoms with Crippen molar-refractivity contribution in [3.05, 3.63) is 106 Å². The molecule has 0 spiro atoms. The van der Waals surface area contributed by atoms with Gasteiger partial charge < -0.3 is 0 Å². The number of hydrogen-bond donors (Lipinski definition) is 1. The molecule has 3 aromatic rings. The van der Waals surface area contributed by atoms with E-state index in [4.69, 9.17) is 11.6 Å². The van der Waals surface area contributed by atoms with E-state index in [0.29, 0.717) is 10.6 Å². The van der Waals surface area contributed by atoms with Gasteiger partial charge in [-0.05, 0) is 41.3 Å². The molecular formula is C24H22ClN3O. The fourth-order valence-electron chi connectivity index (χ4n) is 3.51. The van der Waals surface area contributed by atoms with E-state index in [1.807, 2.05) is 42.5 Å². The first-order valence-corrected chi connectivity index (χ1v) is 10.0. The van der Waals surface area contributed by atoms with Gasteiger partial charge in [0.2, 0.25) is 0 Å². The minimum Gasteiger partial charge on any atom is -0.294 e. The Hall–Kier alpha value is -2.95. The maximum Gasteiger partial charge on any atom is 0.271 e. The molecule has 0 saturated carbocycles. The highest BCUT2D eigenvalue weighted by Gasteiger charge is 2.15. The fraction of sp³-hybridized carbons (Fsp3) is 0.167. The Morgan fingerprint density at radius 2 is 1.72 bits per heavy atom. The lowest BCUT2D eigenvalue weighted by atomic mass is 9.99. The van der Waals surface area contributed by atoms with Crippen LogP contribution in [0.5, 0.6) is 0 Å². The number of hydrogen-bond acceptors (Lipinski definition) is 3. The number of nitrogens with one attached hydrogen (secondary N) is 1. The monoisotopic (exact) mass is 403 g/mol. The minimum atomic E-state index is -0.244. The summed E-state index contributed by atoms with van der Waals surface area (Å²) in [5, 5.41) is 4.59. The van der Waals surface area contributed by atoms with Crippen LogP contribution >= 0.6 is 11.6 Å². The first-order valence-electron chi connectivity index (χ1n) is 9.65. The van der Waals surface area contributed by atoms with Crippen LogP contribution in [0, 0.1) is 0 Å². The third kappa shape index (κ3) is 4.91. The molecule has 4 nitrogen and oxygen atoms in total. The highest BCUT2D eigenvalue weighted by molar-refractivity contribution is 6.33. The molecule has 1 amide bonds. The molecule has 0 saturated heterocycles. The molecule has 0 atom stereocenters. The molecule has 1 aliphatic heterocycles. The zero-order valence-electron chi connectivity index (χ0n) is 16.0. The summed E-state index contributed by atoms with van der Waals surface area (Å²) < 4.78 is 0. The molecule has 1 heterocycles. The molecule has 146 valence electrons. The molecule has 0 radical (unpaired) electrons. The van der Waals surface area contributed by atoms with Crippen molar-refractivity contribution < 1.29 is 4.79 Å². The second-order valence-electron chi connectivity index (χ2n) is 7.15. The van der Waals surface area contributed by atoms with Gasteiger partial charge in [0.15, 0.2) is 0 Å². The second-order valence-corrected chi connectivity index (χ2v) is 7.55. The van der Waals surface area contributed by atoms with E-state index in [1.54, 1.807) is 12.3 Å².